The molecule has 3 N–H and O–H groups in total. The zero-order valence-electron chi connectivity index (χ0n) is 13.3. The predicted molar refractivity (Wildman–Crippen MR) is 94.8 cm³/mol. The molecule has 0 aromatic carbocycles. The van der Waals surface area contributed by atoms with Crippen LogP contribution in [0.5, 0.6) is 0 Å². The van der Waals surface area contributed by atoms with Gasteiger partial charge in [-0.25, -0.2) is 0 Å². The van der Waals surface area contributed by atoms with Crippen molar-refractivity contribution in [1.82, 2.24) is 10.2 Å². The van der Waals surface area contributed by atoms with Crippen LogP contribution in [0, 0.1) is 11.8 Å². The van der Waals surface area contributed by atoms with Gasteiger partial charge in [0, 0.05) is 31.1 Å². The van der Waals surface area contributed by atoms with Gasteiger partial charge in [0.25, 0.3) is 0 Å². The minimum atomic E-state index is 0. The van der Waals surface area contributed by atoms with E-state index in [-0.39, 0.29) is 36.6 Å². The van der Waals surface area contributed by atoms with Crippen LogP contribution in [0.3, 0.4) is 0 Å². The molecule has 3 fully saturated rings. The number of nitrogens with two attached hydrogens (primary N) is 1. The van der Waals surface area contributed by atoms with E-state index in [1.54, 1.807) is 0 Å². The van der Waals surface area contributed by atoms with Crippen molar-refractivity contribution >= 4 is 30.7 Å². The van der Waals surface area contributed by atoms with E-state index < -0.39 is 0 Å². The number of nitrogens with one attached hydrogen (secondary N) is 1. The standard InChI is InChI=1S/C16H29N3O.2ClH/c17-10-12-4-3-7-15(12)16(20)18-13-8-9-19(11-13)14-5-1-2-6-14;;/h12-15H,1-11,17H2,(H,18,20);2*1H/t12-,13?,15-;;/m1../s1. The van der Waals surface area contributed by atoms with Crippen molar-refractivity contribution in [2.45, 2.75) is 63.5 Å². The first-order valence-electron chi connectivity index (χ1n) is 8.52. The van der Waals surface area contributed by atoms with Crippen molar-refractivity contribution < 1.29 is 4.79 Å². The average molecular weight is 352 g/mol. The molecule has 1 saturated heterocycles. The third-order valence-corrected chi connectivity index (χ3v) is 5.71. The molecule has 0 aromatic rings. The minimum Gasteiger partial charge on any atom is -0.352 e. The monoisotopic (exact) mass is 351 g/mol. The van der Waals surface area contributed by atoms with E-state index >= 15 is 0 Å². The molecule has 3 rings (SSSR count). The van der Waals surface area contributed by atoms with Gasteiger partial charge in [0.2, 0.25) is 5.91 Å². The van der Waals surface area contributed by atoms with Gasteiger partial charge in [0.15, 0.2) is 0 Å². The first-order chi connectivity index (χ1) is 9.78. The highest BCUT2D eigenvalue weighted by Crippen LogP contribution is 2.31. The van der Waals surface area contributed by atoms with Crippen LogP contribution < -0.4 is 11.1 Å². The lowest BCUT2D eigenvalue weighted by molar-refractivity contribution is -0.126. The quantitative estimate of drug-likeness (QED) is 0.817. The number of nitrogens with zero attached hydrogens (tertiary/aromatic N) is 1. The highest BCUT2D eigenvalue weighted by atomic mass is 35.5. The minimum absolute atomic E-state index is 0. The Bertz CT molecular complexity index is 350. The summed E-state index contributed by atoms with van der Waals surface area (Å²) in [5.74, 6) is 0.874. The van der Waals surface area contributed by atoms with Crippen LogP contribution >= 0.6 is 24.8 Å². The molecule has 2 aliphatic carbocycles. The Kier molecular flexibility index (Phi) is 8.47. The number of likely N-dealkylation sites (tertiary alicyclic amines) is 1. The first kappa shape index (κ1) is 20.0. The van der Waals surface area contributed by atoms with E-state index in [1.807, 2.05) is 0 Å². The maximum atomic E-state index is 12.4. The number of amides is 1. The summed E-state index contributed by atoms with van der Waals surface area (Å²) in [6, 6.07) is 1.17. The van der Waals surface area contributed by atoms with Crippen molar-refractivity contribution in [3.05, 3.63) is 0 Å². The van der Waals surface area contributed by atoms with Crippen LogP contribution in [0.2, 0.25) is 0 Å². The van der Waals surface area contributed by atoms with E-state index in [9.17, 15) is 4.79 Å². The lowest BCUT2D eigenvalue weighted by Crippen LogP contribution is -2.43. The summed E-state index contributed by atoms with van der Waals surface area (Å²) in [7, 11) is 0. The molecule has 1 amide bonds. The van der Waals surface area contributed by atoms with E-state index in [1.165, 1.54) is 38.6 Å². The van der Waals surface area contributed by atoms with Crippen molar-refractivity contribution in [3.8, 4) is 0 Å². The zero-order chi connectivity index (χ0) is 13.9. The second-order valence-corrected chi connectivity index (χ2v) is 6.96. The SMILES string of the molecule is Cl.Cl.NC[C@H]1CCC[C@H]1C(=O)NC1CCN(C2CCCC2)C1. The fourth-order valence-electron chi connectivity index (χ4n) is 4.48. The van der Waals surface area contributed by atoms with Crippen molar-refractivity contribution in [2.24, 2.45) is 17.6 Å². The smallest absolute Gasteiger partial charge is 0.223 e. The fourth-order valence-corrected chi connectivity index (χ4v) is 4.48. The van der Waals surface area contributed by atoms with Gasteiger partial charge < -0.3 is 11.1 Å². The fraction of sp³-hybridized carbons (Fsp3) is 0.938. The highest BCUT2D eigenvalue weighted by Gasteiger charge is 2.35. The summed E-state index contributed by atoms with van der Waals surface area (Å²) in [6.07, 6.45) is 9.95. The van der Waals surface area contributed by atoms with Gasteiger partial charge in [0.1, 0.15) is 0 Å². The number of hydrogen-bond acceptors (Lipinski definition) is 3. The number of carbonyl (C=O) groups excluding carboxylic acids is 1. The summed E-state index contributed by atoms with van der Waals surface area (Å²) in [5, 5.41) is 3.30. The van der Waals surface area contributed by atoms with Crippen LogP contribution in [0.4, 0.5) is 0 Å². The molecule has 0 aromatic heterocycles. The average Bonchev–Trinajstić information content (AvgIpc) is 3.19. The molecule has 0 radical (unpaired) electrons. The maximum absolute atomic E-state index is 12.4. The Morgan fingerprint density at radius 2 is 1.77 bits per heavy atom. The first-order valence-corrected chi connectivity index (χ1v) is 8.52. The Morgan fingerprint density at radius 3 is 2.45 bits per heavy atom. The van der Waals surface area contributed by atoms with Crippen molar-refractivity contribution in [1.29, 1.82) is 0 Å². The third-order valence-electron chi connectivity index (χ3n) is 5.71. The van der Waals surface area contributed by atoms with Crippen LogP contribution in [0.15, 0.2) is 0 Å². The van der Waals surface area contributed by atoms with Gasteiger partial charge in [-0.3, -0.25) is 9.69 Å². The summed E-state index contributed by atoms with van der Waals surface area (Å²) in [4.78, 5) is 15.0. The molecule has 6 heteroatoms. The van der Waals surface area contributed by atoms with Gasteiger partial charge in [-0.15, -0.1) is 24.8 Å². The Hall–Kier alpha value is -0.0300. The van der Waals surface area contributed by atoms with E-state index in [0.717, 1.165) is 31.8 Å². The lowest BCUT2D eigenvalue weighted by Gasteiger charge is -2.24. The maximum Gasteiger partial charge on any atom is 0.223 e. The highest BCUT2D eigenvalue weighted by molar-refractivity contribution is 5.85. The van der Waals surface area contributed by atoms with Gasteiger partial charge in [-0.1, -0.05) is 19.3 Å². The molecule has 2 saturated carbocycles. The topological polar surface area (TPSA) is 58.4 Å². The number of rotatable bonds is 4. The van der Waals surface area contributed by atoms with Gasteiger partial charge in [-0.2, -0.15) is 0 Å². The Labute approximate surface area is 146 Å². The van der Waals surface area contributed by atoms with Crippen molar-refractivity contribution in [3.63, 3.8) is 0 Å². The number of carbonyl (C=O) groups is 1. The van der Waals surface area contributed by atoms with Crippen molar-refractivity contribution in [2.75, 3.05) is 19.6 Å². The van der Waals surface area contributed by atoms with Gasteiger partial charge in [0.05, 0.1) is 0 Å². The predicted octanol–water partition coefficient (Wildman–Crippen LogP) is 2.34. The van der Waals surface area contributed by atoms with Crippen LogP contribution in [0.1, 0.15) is 51.4 Å². The molecule has 1 heterocycles. The molecule has 0 bridgehead atoms. The van der Waals surface area contributed by atoms with Crippen LogP contribution in [-0.4, -0.2) is 42.5 Å². The molecule has 1 aliphatic heterocycles. The number of halogens is 2. The molecular formula is C16H31Cl2N3O. The summed E-state index contributed by atoms with van der Waals surface area (Å²) < 4.78 is 0. The Balaban J connectivity index is 0.00000121. The molecule has 130 valence electrons. The zero-order valence-corrected chi connectivity index (χ0v) is 15.0. The molecule has 3 atom stereocenters. The third kappa shape index (κ3) is 4.50. The number of hydrogen-bond donors (Lipinski definition) is 2. The molecular weight excluding hydrogens is 321 g/mol. The normalized spacial score (nSPS) is 32.5. The summed E-state index contributed by atoms with van der Waals surface area (Å²) >= 11 is 0. The summed E-state index contributed by atoms with van der Waals surface area (Å²) in [6.45, 7) is 2.90. The Morgan fingerprint density at radius 1 is 1.05 bits per heavy atom. The summed E-state index contributed by atoms with van der Waals surface area (Å²) in [5.41, 5.74) is 5.79. The molecule has 22 heavy (non-hydrogen) atoms. The van der Waals surface area contributed by atoms with Gasteiger partial charge >= 0.3 is 0 Å². The van der Waals surface area contributed by atoms with Gasteiger partial charge in [-0.05, 0) is 44.6 Å². The lowest BCUT2D eigenvalue weighted by atomic mass is 9.95. The van der Waals surface area contributed by atoms with E-state index in [0.29, 0.717) is 18.5 Å². The van der Waals surface area contributed by atoms with Crippen LogP contribution in [0.25, 0.3) is 0 Å². The second kappa shape index (κ2) is 9.31. The molecule has 4 nitrogen and oxygen atoms in total. The van der Waals surface area contributed by atoms with Crippen LogP contribution in [-0.2, 0) is 4.79 Å². The molecule has 1 unspecified atom stereocenters. The largest absolute Gasteiger partial charge is 0.352 e. The molecule has 0 spiro atoms. The van der Waals surface area contributed by atoms with E-state index in [4.69, 9.17) is 5.73 Å². The second-order valence-electron chi connectivity index (χ2n) is 6.96. The molecule has 3 aliphatic rings. The van der Waals surface area contributed by atoms with E-state index in [2.05, 4.69) is 10.2 Å².